The first kappa shape index (κ1) is 21.3. The number of aliphatic carboxylic acids is 1. The first-order chi connectivity index (χ1) is 15.9. The van der Waals surface area contributed by atoms with Crippen LogP contribution in [-0.2, 0) is 17.8 Å². The summed E-state index contributed by atoms with van der Waals surface area (Å²) in [7, 11) is 1.58. The van der Waals surface area contributed by atoms with E-state index >= 15 is 0 Å². The Labute approximate surface area is 196 Å². The lowest BCUT2D eigenvalue weighted by atomic mass is 9.88. The van der Waals surface area contributed by atoms with Crippen LogP contribution in [0.25, 0.3) is 22.0 Å². The van der Waals surface area contributed by atoms with E-state index in [9.17, 15) is 9.90 Å². The maximum absolute atomic E-state index is 11.9. The summed E-state index contributed by atoms with van der Waals surface area (Å²) >= 11 is 6.14. The Balaban J connectivity index is 1.83. The Kier molecular flexibility index (Phi) is 5.21. The van der Waals surface area contributed by atoms with Crippen molar-refractivity contribution >= 4 is 40.1 Å². The van der Waals surface area contributed by atoms with Crippen molar-refractivity contribution in [2.45, 2.75) is 26.8 Å². The maximum atomic E-state index is 11.9. The molecule has 0 unspecified atom stereocenters. The van der Waals surface area contributed by atoms with Gasteiger partial charge in [0.1, 0.15) is 0 Å². The molecule has 4 aromatic rings. The molecule has 1 N–H and O–H groups in total. The molecule has 7 nitrogen and oxygen atoms in total. The predicted octanol–water partition coefficient (Wildman–Crippen LogP) is 5.16. The molecule has 0 fully saturated rings. The fourth-order valence-electron chi connectivity index (χ4n) is 4.80. The first-order valence-electron chi connectivity index (χ1n) is 10.7. The Morgan fingerprint density at radius 3 is 2.48 bits per heavy atom. The van der Waals surface area contributed by atoms with Gasteiger partial charge in [-0.05, 0) is 54.3 Å². The van der Waals surface area contributed by atoms with Crippen molar-refractivity contribution in [2.24, 2.45) is 0 Å². The fourth-order valence-corrected chi connectivity index (χ4v) is 4.92. The number of carboxylic acids is 1. The van der Waals surface area contributed by atoms with Gasteiger partial charge in [-0.25, -0.2) is 9.97 Å². The number of halogens is 1. The van der Waals surface area contributed by atoms with Gasteiger partial charge in [0, 0.05) is 29.2 Å². The summed E-state index contributed by atoms with van der Waals surface area (Å²) in [6, 6.07) is 9.72. The molecular weight excluding hydrogens is 440 g/mol. The molecule has 3 heterocycles. The highest BCUT2D eigenvalue weighted by atomic mass is 35.5. The lowest BCUT2D eigenvalue weighted by molar-refractivity contribution is -0.136. The Hall–Kier alpha value is -3.58. The summed E-state index contributed by atoms with van der Waals surface area (Å²) in [5.41, 5.74) is 6.71. The third-order valence-electron chi connectivity index (χ3n) is 6.28. The summed E-state index contributed by atoms with van der Waals surface area (Å²) < 4.78 is 7.50. The van der Waals surface area contributed by atoms with Crippen molar-refractivity contribution in [2.75, 3.05) is 18.6 Å². The number of carbonyl (C=O) groups is 1. The van der Waals surface area contributed by atoms with Gasteiger partial charge in [-0.2, -0.15) is 0 Å². The molecule has 33 heavy (non-hydrogen) atoms. The minimum atomic E-state index is -0.876. The Morgan fingerprint density at radius 1 is 1.15 bits per heavy atom. The van der Waals surface area contributed by atoms with Crippen LogP contribution in [0.1, 0.15) is 16.8 Å². The second kappa shape index (κ2) is 8.08. The van der Waals surface area contributed by atoms with Crippen molar-refractivity contribution in [1.82, 2.24) is 14.5 Å². The van der Waals surface area contributed by atoms with E-state index in [1.165, 1.54) is 0 Å². The number of nitrogens with zero attached hydrogens (tertiary/aromatic N) is 4. The van der Waals surface area contributed by atoms with Gasteiger partial charge in [-0.15, -0.1) is 0 Å². The average molecular weight is 463 g/mol. The summed E-state index contributed by atoms with van der Waals surface area (Å²) in [6.07, 6.45) is 3.20. The summed E-state index contributed by atoms with van der Waals surface area (Å²) in [6.45, 7) is 5.52. The van der Waals surface area contributed by atoms with Crippen LogP contribution in [-0.4, -0.2) is 39.3 Å². The number of aromatic nitrogens is 3. The van der Waals surface area contributed by atoms with Crippen LogP contribution >= 0.6 is 11.6 Å². The monoisotopic (exact) mass is 462 g/mol. The molecule has 2 aromatic carbocycles. The zero-order valence-corrected chi connectivity index (χ0v) is 19.3. The predicted molar refractivity (Wildman–Crippen MR) is 129 cm³/mol. The van der Waals surface area contributed by atoms with Gasteiger partial charge in [0.15, 0.2) is 5.75 Å². The molecule has 0 aliphatic carbocycles. The van der Waals surface area contributed by atoms with Crippen LogP contribution in [0.4, 0.5) is 11.6 Å². The Morgan fingerprint density at radius 2 is 1.85 bits per heavy atom. The number of hydrogen-bond donors (Lipinski definition) is 1. The Bertz CT molecular complexity index is 1380. The number of carboxylic acid groups (broad SMARTS) is 1. The molecule has 1 aliphatic heterocycles. The molecule has 2 aromatic heterocycles. The van der Waals surface area contributed by atoms with Crippen molar-refractivity contribution < 1.29 is 14.6 Å². The van der Waals surface area contributed by atoms with E-state index in [1.54, 1.807) is 19.5 Å². The van der Waals surface area contributed by atoms with E-state index in [4.69, 9.17) is 16.3 Å². The molecule has 5 rings (SSSR count). The molecular formula is C25H23ClN4O3. The molecule has 0 saturated carbocycles. The molecule has 168 valence electrons. The minimum Gasteiger partial charge on any atom is -0.494 e. The molecule has 0 saturated heterocycles. The van der Waals surface area contributed by atoms with Gasteiger partial charge >= 0.3 is 5.97 Å². The maximum Gasteiger partial charge on any atom is 0.307 e. The van der Waals surface area contributed by atoms with Gasteiger partial charge < -0.3 is 19.3 Å². The van der Waals surface area contributed by atoms with Crippen LogP contribution in [0.2, 0.25) is 5.02 Å². The zero-order chi connectivity index (χ0) is 23.3. The second-order valence-electron chi connectivity index (χ2n) is 8.18. The van der Waals surface area contributed by atoms with Gasteiger partial charge in [-0.1, -0.05) is 23.7 Å². The smallest absolute Gasteiger partial charge is 0.307 e. The largest absolute Gasteiger partial charge is 0.494 e. The van der Waals surface area contributed by atoms with Crippen molar-refractivity contribution in [3.05, 3.63) is 64.6 Å². The summed E-state index contributed by atoms with van der Waals surface area (Å²) in [4.78, 5) is 23.0. The lowest BCUT2D eigenvalue weighted by Crippen LogP contribution is -2.30. The van der Waals surface area contributed by atoms with E-state index in [-0.39, 0.29) is 6.42 Å². The number of hydrogen-bond acceptors (Lipinski definition) is 5. The lowest BCUT2D eigenvalue weighted by Gasteiger charge is -2.32. The normalized spacial score (nSPS) is 12.9. The SMILES string of the molecule is COc1cnc(N2CCn3c(C)cc4c(-c5ccc(Cl)cc5)c(CC(=O)O)c(C)c2c43)nc1. The van der Waals surface area contributed by atoms with Crippen molar-refractivity contribution in [3.8, 4) is 16.9 Å². The summed E-state index contributed by atoms with van der Waals surface area (Å²) in [5.74, 6) is 0.270. The van der Waals surface area contributed by atoms with E-state index in [0.29, 0.717) is 23.3 Å². The molecule has 1 aliphatic rings. The topological polar surface area (TPSA) is 80.5 Å². The van der Waals surface area contributed by atoms with E-state index < -0.39 is 5.97 Å². The van der Waals surface area contributed by atoms with Gasteiger partial charge in [0.25, 0.3) is 0 Å². The zero-order valence-electron chi connectivity index (χ0n) is 18.6. The van der Waals surface area contributed by atoms with Crippen LogP contribution in [0.5, 0.6) is 5.75 Å². The molecule has 0 atom stereocenters. The van der Waals surface area contributed by atoms with E-state index in [0.717, 1.165) is 51.1 Å². The number of benzene rings is 2. The molecule has 8 heteroatoms. The first-order valence-corrected chi connectivity index (χ1v) is 11.0. The van der Waals surface area contributed by atoms with Crippen molar-refractivity contribution in [3.63, 3.8) is 0 Å². The molecule has 0 radical (unpaired) electrons. The minimum absolute atomic E-state index is 0.0890. The number of methoxy groups -OCH3 is 1. The highest BCUT2D eigenvalue weighted by Crippen LogP contribution is 2.46. The highest BCUT2D eigenvalue weighted by molar-refractivity contribution is 6.30. The number of aryl methyl sites for hydroxylation is 1. The van der Waals surface area contributed by atoms with E-state index in [2.05, 4.69) is 32.4 Å². The highest BCUT2D eigenvalue weighted by Gasteiger charge is 2.30. The summed E-state index contributed by atoms with van der Waals surface area (Å²) in [5, 5.41) is 11.4. The van der Waals surface area contributed by atoms with Gasteiger partial charge in [0.2, 0.25) is 5.95 Å². The van der Waals surface area contributed by atoms with Crippen LogP contribution in [0.15, 0.2) is 42.7 Å². The third kappa shape index (κ3) is 3.49. The average Bonchev–Trinajstić information content (AvgIpc) is 3.14. The molecule has 0 bridgehead atoms. The quantitative estimate of drug-likeness (QED) is 0.441. The third-order valence-corrected chi connectivity index (χ3v) is 6.53. The number of anilines is 2. The van der Waals surface area contributed by atoms with E-state index in [1.807, 2.05) is 31.2 Å². The van der Waals surface area contributed by atoms with Crippen LogP contribution < -0.4 is 9.64 Å². The van der Waals surface area contributed by atoms with Gasteiger partial charge in [-0.3, -0.25) is 4.79 Å². The molecule has 0 amide bonds. The molecule has 0 spiro atoms. The second-order valence-corrected chi connectivity index (χ2v) is 8.62. The van der Waals surface area contributed by atoms with Crippen molar-refractivity contribution in [1.29, 1.82) is 0 Å². The van der Waals surface area contributed by atoms with Crippen LogP contribution in [0.3, 0.4) is 0 Å². The number of rotatable bonds is 5. The number of ether oxygens (including phenoxy) is 1. The van der Waals surface area contributed by atoms with Crippen LogP contribution in [0, 0.1) is 13.8 Å². The standard InChI is InChI=1S/C25H23ClN4O3/c1-14-10-20-22(16-4-6-17(26)7-5-16)19(11-21(31)32)15(2)23-24(20)29(14)8-9-30(23)25-27-12-18(33-3)13-28-25/h4-7,10,12-13H,8-9,11H2,1-3H3,(H,31,32). The van der Waals surface area contributed by atoms with Gasteiger partial charge in [0.05, 0.1) is 37.1 Å². The fraction of sp³-hybridized carbons (Fsp3) is 0.240.